The van der Waals surface area contributed by atoms with Gasteiger partial charge in [0.15, 0.2) is 5.13 Å². The molecule has 1 saturated heterocycles. The molecule has 0 aliphatic carbocycles. The zero-order chi connectivity index (χ0) is 13.3. The van der Waals surface area contributed by atoms with Crippen molar-refractivity contribution < 1.29 is 0 Å². The summed E-state index contributed by atoms with van der Waals surface area (Å²) < 4.78 is 0. The van der Waals surface area contributed by atoms with Crippen molar-refractivity contribution in [1.82, 2.24) is 10.3 Å². The van der Waals surface area contributed by atoms with Crippen LogP contribution in [-0.4, -0.2) is 24.1 Å². The number of hydrogen-bond acceptors (Lipinski definition) is 4. The van der Waals surface area contributed by atoms with E-state index in [0.717, 1.165) is 0 Å². The lowest BCUT2D eigenvalue weighted by molar-refractivity contribution is 0.626. The fraction of sp³-hybridized carbons (Fsp3) is 0.786. The molecule has 4 heteroatoms. The van der Waals surface area contributed by atoms with E-state index in [-0.39, 0.29) is 0 Å². The van der Waals surface area contributed by atoms with Crippen LogP contribution in [-0.2, 0) is 0 Å². The third-order valence-corrected chi connectivity index (χ3v) is 5.48. The van der Waals surface area contributed by atoms with Crippen LogP contribution in [0, 0.1) is 6.92 Å². The monoisotopic (exact) mass is 267 g/mol. The van der Waals surface area contributed by atoms with Gasteiger partial charge in [-0.15, -0.1) is 0 Å². The summed E-state index contributed by atoms with van der Waals surface area (Å²) in [6, 6.07) is 1.72. The first-order valence-electron chi connectivity index (χ1n) is 7.01. The van der Waals surface area contributed by atoms with Crippen molar-refractivity contribution in [3.8, 4) is 0 Å². The molecule has 0 amide bonds. The van der Waals surface area contributed by atoms with Crippen molar-refractivity contribution >= 4 is 16.5 Å². The maximum absolute atomic E-state index is 4.81. The van der Waals surface area contributed by atoms with Gasteiger partial charge in [0.1, 0.15) is 0 Å². The second-order valence-corrected chi connectivity index (χ2v) is 6.36. The van der Waals surface area contributed by atoms with E-state index in [9.17, 15) is 0 Å². The molecule has 102 valence electrons. The average molecular weight is 267 g/mol. The minimum atomic E-state index is 0.397. The first kappa shape index (κ1) is 13.8. The Labute approximate surface area is 115 Å². The van der Waals surface area contributed by atoms with Crippen LogP contribution in [0.4, 0.5) is 5.13 Å². The molecule has 2 heterocycles. The standard InChI is InChI=1S/C14H25N3S/c1-6-12-8-7-9(2)17(12)14-16-11(4)13(18-14)10(3)15-5/h9-10,12,15H,6-8H2,1-5H3. The van der Waals surface area contributed by atoms with Gasteiger partial charge in [-0.3, -0.25) is 0 Å². The van der Waals surface area contributed by atoms with Crippen molar-refractivity contribution in [2.45, 2.75) is 65.1 Å². The van der Waals surface area contributed by atoms with E-state index in [1.807, 2.05) is 18.4 Å². The molecule has 0 bridgehead atoms. The number of anilines is 1. The van der Waals surface area contributed by atoms with E-state index in [1.165, 1.54) is 35.0 Å². The quantitative estimate of drug-likeness (QED) is 0.905. The first-order chi connectivity index (χ1) is 8.58. The van der Waals surface area contributed by atoms with E-state index in [4.69, 9.17) is 4.98 Å². The number of nitrogens with zero attached hydrogens (tertiary/aromatic N) is 2. The maximum Gasteiger partial charge on any atom is 0.186 e. The summed E-state index contributed by atoms with van der Waals surface area (Å²) >= 11 is 1.86. The highest BCUT2D eigenvalue weighted by Crippen LogP contribution is 2.37. The van der Waals surface area contributed by atoms with Crippen molar-refractivity contribution in [3.63, 3.8) is 0 Å². The summed E-state index contributed by atoms with van der Waals surface area (Å²) in [6.45, 7) is 8.95. The molecule has 3 atom stereocenters. The maximum atomic E-state index is 4.81. The van der Waals surface area contributed by atoms with Crippen LogP contribution in [0.2, 0.25) is 0 Å². The first-order valence-corrected chi connectivity index (χ1v) is 7.83. The van der Waals surface area contributed by atoms with Crippen LogP contribution in [0.15, 0.2) is 0 Å². The SMILES string of the molecule is CCC1CCC(C)N1c1nc(C)c(C(C)NC)s1. The molecule has 1 aromatic rings. The molecule has 3 nitrogen and oxygen atoms in total. The summed E-state index contributed by atoms with van der Waals surface area (Å²) in [7, 11) is 2.01. The molecule has 1 N–H and O–H groups in total. The zero-order valence-corrected chi connectivity index (χ0v) is 13.0. The normalized spacial score (nSPS) is 25.7. The van der Waals surface area contributed by atoms with Gasteiger partial charge < -0.3 is 10.2 Å². The number of rotatable bonds is 4. The molecule has 1 aromatic heterocycles. The highest BCUT2D eigenvalue weighted by atomic mass is 32.1. The molecule has 2 rings (SSSR count). The fourth-order valence-corrected chi connectivity index (χ4v) is 4.16. The molecular weight excluding hydrogens is 242 g/mol. The largest absolute Gasteiger partial charge is 0.342 e. The second kappa shape index (κ2) is 5.57. The van der Waals surface area contributed by atoms with E-state index < -0.39 is 0 Å². The Morgan fingerprint density at radius 3 is 2.83 bits per heavy atom. The predicted molar refractivity (Wildman–Crippen MR) is 79.6 cm³/mol. The van der Waals surface area contributed by atoms with Gasteiger partial charge in [0.2, 0.25) is 0 Å². The van der Waals surface area contributed by atoms with Crippen molar-refractivity contribution in [1.29, 1.82) is 0 Å². The van der Waals surface area contributed by atoms with E-state index in [2.05, 4.69) is 37.9 Å². The molecule has 0 saturated carbocycles. The highest BCUT2D eigenvalue weighted by molar-refractivity contribution is 7.15. The van der Waals surface area contributed by atoms with Gasteiger partial charge in [-0.1, -0.05) is 18.3 Å². The Morgan fingerprint density at radius 1 is 1.50 bits per heavy atom. The highest BCUT2D eigenvalue weighted by Gasteiger charge is 2.32. The summed E-state index contributed by atoms with van der Waals surface area (Å²) in [5, 5.41) is 4.54. The smallest absolute Gasteiger partial charge is 0.186 e. The molecule has 1 fully saturated rings. The van der Waals surface area contributed by atoms with E-state index >= 15 is 0 Å². The van der Waals surface area contributed by atoms with Crippen molar-refractivity contribution in [2.75, 3.05) is 11.9 Å². The van der Waals surface area contributed by atoms with Crippen molar-refractivity contribution in [2.24, 2.45) is 0 Å². The summed E-state index contributed by atoms with van der Waals surface area (Å²) in [4.78, 5) is 8.74. The van der Waals surface area contributed by atoms with Crippen LogP contribution in [0.25, 0.3) is 0 Å². The molecule has 18 heavy (non-hydrogen) atoms. The van der Waals surface area contributed by atoms with E-state index in [0.29, 0.717) is 18.1 Å². The lowest BCUT2D eigenvalue weighted by Crippen LogP contribution is -2.33. The predicted octanol–water partition coefficient (Wildman–Crippen LogP) is 3.50. The van der Waals surface area contributed by atoms with Gasteiger partial charge in [0.05, 0.1) is 5.69 Å². The number of hydrogen-bond donors (Lipinski definition) is 1. The van der Waals surface area contributed by atoms with Crippen LogP contribution < -0.4 is 10.2 Å². The molecule has 1 aliphatic rings. The summed E-state index contributed by atoms with van der Waals surface area (Å²) in [5.74, 6) is 0. The van der Waals surface area contributed by atoms with Gasteiger partial charge in [0.25, 0.3) is 0 Å². The van der Waals surface area contributed by atoms with Crippen LogP contribution >= 0.6 is 11.3 Å². The molecule has 1 aliphatic heterocycles. The third kappa shape index (κ3) is 2.41. The molecular formula is C14H25N3S. The molecule has 0 aromatic carbocycles. The third-order valence-electron chi connectivity index (χ3n) is 4.13. The summed E-state index contributed by atoms with van der Waals surface area (Å²) in [6.07, 6.45) is 3.83. The Bertz CT molecular complexity index is 402. The average Bonchev–Trinajstić information content (AvgIpc) is 2.91. The topological polar surface area (TPSA) is 28.2 Å². The Balaban J connectivity index is 2.28. The zero-order valence-electron chi connectivity index (χ0n) is 12.2. The summed E-state index contributed by atoms with van der Waals surface area (Å²) in [5.41, 5.74) is 1.19. The molecule has 0 radical (unpaired) electrons. The minimum absolute atomic E-state index is 0.397. The Kier molecular flexibility index (Phi) is 4.28. The van der Waals surface area contributed by atoms with Crippen LogP contribution in [0.5, 0.6) is 0 Å². The fourth-order valence-electron chi connectivity index (χ4n) is 2.85. The number of aryl methyl sites for hydroxylation is 1. The second-order valence-electron chi connectivity index (χ2n) is 5.35. The van der Waals surface area contributed by atoms with Gasteiger partial charge >= 0.3 is 0 Å². The van der Waals surface area contributed by atoms with Gasteiger partial charge in [-0.2, -0.15) is 0 Å². The number of aromatic nitrogens is 1. The number of thiazole rings is 1. The molecule has 3 unspecified atom stereocenters. The van der Waals surface area contributed by atoms with Gasteiger partial charge in [-0.05, 0) is 47.1 Å². The van der Waals surface area contributed by atoms with Crippen LogP contribution in [0.3, 0.4) is 0 Å². The van der Waals surface area contributed by atoms with Crippen molar-refractivity contribution in [3.05, 3.63) is 10.6 Å². The Hall–Kier alpha value is -0.610. The Morgan fingerprint density at radius 2 is 2.22 bits per heavy atom. The lowest BCUT2D eigenvalue weighted by Gasteiger charge is -2.27. The number of nitrogens with one attached hydrogen (secondary N) is 1. The van der Waals surface area contributed by atoms with E-state index in [1.54, 1.807) is 0 Å². The van der Waals surface area contributed by atoms with Crippen LogP contribution in [0.1, 0.15) is 56.6 Å². The molecule has 0 spiro atoms. The minimum Gasteiger partial charge on any atom is -0.342 e. The lowest BCUT2D eigenvalue weighted by atomic mass is 10.2. The van der Waals surface area contributed by atoms with Gasteiger partial charge in [0, 0.05) is 23.0 Å². The van der Waals surface area contributed by atoms with Gasteiger partial charge in [-0.25, -0.2) is 4.98 Å².